The molecule has 0 unspecified atom stereocenters. The van der Waals surface area contributed by atoms with Crippen LogP contribution in [0.5, 0.6) is 0 Å². The lowest BCUT2D eigenvalue weighted by atomic mass is 9.96. The first-order chi connectivity index (χ1) is 8.83. The maximum Gasteiger partial charge on any atom is 0.461 e. The molecule has 0 aromatic rings. The van der Waals surface area contributed by atoms with Crippen LogP contribution in [0.1, 0.15) is 32.1 Å². The van der Waals surface area contributed by atoms with Crippen LogP contribution in [-0.4, -0.2) is 31.8 Å². The highest BCUT2D eigenvalue weighted by Gasteiger charge is 2.78. The zero-order chi connectivity index (χ0) is 15.8. The molecule has 1 N–H and O–H groups in total. The van der Waals surface area contributed by atoms with Crippen molar-refractivity contribution >= 4 is 10.0 Å². The number of nitrogens with one attached hydrogen (secondary N) is 1. The monoisotopic (exact) mass is 331 g/mol. The van der Waals surface area contributed by atoms with Crippen molar-refractivity contribution in [3.05, 3.63) is 0 Å². The summed E-state index contributed by atoms with van der Waals surface area (Å²) in [5.41, 5.74) is 0. The summed E-state index contributed by atoms with van der Waals surface area (Å²) in [6.07, 6.45) is -4.76. The highest BCUT2D eigenvalue weighted by molar-refractivity contribution is 7.90. The second-order valence-electron chi connectivity index (χ2n) is 4.55. The molecule has 0 aromatic heterocycles. The molecule has 120 valence electrons. The average molecular weight is 331 g/mol. The Balaban J connectivity index is 3.00. The third kappa shape index (κ3) is 3.02. The van der Waals surface area contributed by atoms with Gasteiger partial charge in [-0.25, -0.2) is 13.1 Å². The number of hydrogen-bond acceptors (Lipinski definition) is 2. The molecule has 0 atom stereocenters. The molecule has 0 amide bonds. The molecule has 20 heavy (non-hydrogen) atoms. The Hall–Kier alpha value is -0.580. The van der Waals surface area contributed by atoms with E-state index in [1.54, 1.807) is 0 Å². The lowest BCUT2D eigenvalue weighted by molar-refractivity contribution is -0.332. The summed E-state index contributed by atoms with van der Waals surface area (Å²) >= 11 is 0. The van der Waals surface area contributed by atoms with Crippen LogP contribution in [0.25, 0.3) is 0 Å². The van der Waals surface area contributed by atoms with Gasteiger partial charge in [0.15, 0.2) is 0 Å². The molecule has 1 aliphatic carbocycles. The van der Waals surface area contributed by atoms with Gasteiger partial charge in [-0.15, -0.1) is 0 Å². The van der Waals surface area contributed by atoms with Crippen molar-refractivity contribution < 1.29 is 39.2 Å². The van der Waals surface area contributed by atoms with Crippen LogP contribution in [0, 0.1) is 0 Å². The van der Waals surface area contributed by atoms with Crippen LogP contribution in [-0.2, 0) is 10.0 Å². The predicted octanol–water partition coefficient (Wildman–Crippen LogP) is 3.03. The van der Waals surface area contributed by atoms with E-state index in [0.29, 0.717) is 19.3 Å². The minimum absolute atomic E-state index is 0.118. The van der Waals surface area contributed by atoms with Gasteiger partial charge in [-0.2, -0.15) is 30.7 Å². The average Bonchev–Trinajstić information content (AvgIpc) is 2.27. The van der Waals surface area contributed by atoms with Gasteiger partial charge in [0.25, 0.3) is 10.0 Å². The van der Waals surface area contributed by atoms with Gasteiger partial charge in [0, 0.05) is 6.04 Å². The van der Waals surface area contributed by atoms with E-state index in [-0.39, 0.29) is 12.8 Å². The fraction of sp³-hybridized carbons (Fsp3) is 1.00. The van der Waals surface area contributed by atoms with Crippen LogP contribution < -0.4 is 4.72 Å². The molecule has 1 aliphatic rings. The summed E-state index contributed by atoms with van der Waals surface area (Å²) in [5, 5.41) is -6.27. The third-order valence-electron chi connectivity index (χ3n) is 2.99. The van der Waals surface area contributed by atoms with Gasteiger partial charge in [-0.3, -0.25) is 0 Å². The fourth-order valence-corrected chi connectivity index (χ4v) is 3.12. The molecule has 11 heteroatoms. The standard InChI is InChI=1S/C9H12F7NO2S/c10-7(11,8(12,13)14)9(15,16)20(18,19)17-6-4-2-1-3-5-6/h6,17H,1-5H2. The van der Waals surface area contributed by atoms with E-state index in [2.05, 4.69) is 0 Å². The van der Waals surface area contributed by atoms with Crippen LogP contribution in [0.15, 0.2) is 0 Å². The minimum atomic E-state index is -6.67. The van der Waals surface area contributed by atoms with E-state index in [0.717, 1.165) is 0 Å². The number of alkyl halides is 7. The van der Waals surface area contributed by atoms with Crippen molar-refractivity contribution in [2.24, 2.45) is 0 Å². The Labute approximate surface area is 110 Å². The van der Waals surface area contributed by atoms with E-state index in [1.807, 2.05) is 0 Å². The quantitative estimate of drug-likeness (QED) is 0.805. The van der Waals surface area contributed by atoms with Gasteiger partial charge in [0.05, 0.1) is 0 Å². The van der Waals surface area contributed by atoms with Gasteiger partial charge in [-0.1, -0.05) is 19.3 Å². The molecule has 1 saturated carbocycles. The molecule has 0 radical (unpaired) electrons. The molecular formula is C9H12F7NO2S. The van der Waals surface area contributed by atoms with Gasteiger partial charge in [0.1, 0.15) is 0 Å². The summed E-state index contributed by atoms with van der Waals surface area (Å²) < 4.78 is 111. The van der Waals surface area contributed by atoms with Crippen LogP contribution in [0.2, 0.25) is 0 Å². The van der Waals surface area contributed by atoms with E-state index < -0.39 is 33.4 Å². The Morgan fingerprint density at radius 1 is 0.850 bits per heavy atom. The summed E-state index contributed by atoms with van der Waals surface area (Å²) in [5.74, 6) is -6.67. The first kappa shape index (κ1) is 17.5. The van der Waals surface area contributed by atoms with Gasteiger partial charge in [-0.05, 0) is 12.8 Å². The summed E-state index contributed by atoms with van der Waals surface area (Å²) in [7, 11) is -6.15. The van der Waals surface area contributed by atoms with Gasteiger partial charge >= 0.3 is 17.4 Å². The van der Waals surface area contributed by atoms with Crippen molar-refractivity contribution in [2.75, 3.05) is 0 Å². The van der Waals surface area contributed by atoms with Gasteiger partial charge in [0.2, 0.25) is 0 Å². The predicted molar refractivity (Wildman–Crippen MR) is 54.9 cm³/mol. The highest BCUT2D eigenvalue weighted by Crippen LogP contribution is 2.48. The Morgan fingerprint density at radius 2 is 1.30 bits per heavy atom. The van der Waals surface area contributed by atoms with Crippen molar-refractivity contribution in [1.82, 2.24) is 4.72 Å². The molecule has 1 fully saturated rings. The summed E-state index contributed by atoms with van der Waals surface area (Å²) in [4.78, 5) is 0. The summed E-state index contributed by atoms with van der Waals surface area (Å²) in [6, 6.07) is -1.05. The molecule has 1 rings (SSSR count). The zero-order valence-electron chi connectivity index (χ0n) is 9.98. The Bertz CT molecular complexity index is 440. The molecule has 0 heterocycles. The third-order valence-corrected chi connectivity index (χ3v) is 4.56. The number of rotatable bonds is 4. The maximum absolute atomic E-state index is 13.1. The fourth-order valence-electron chi connectivity index (χ4n) is 1.85. The minimum Gasteiger partial charge on any atom is -0.207 e. The smallest absolute Gasteiger partial charge is 0.207 e. The van der Waals surface area contributed by atoms with E-state index >= 15 is 0 Å². The Kier molecular flexibility index (Phi) is 4.65. The van der Waals surface area contributed by atoms with Crippen molar-refractivity contribution in [1.29, 1.82) is 0 Å². The summed E-state index contributed by atoms with van der Waals surface area (Å²) in [6.45, 7) is 0. The largest absolute Gasteiger partial charge is 0.461 e. The number of halogens is 7. The molecule has 0 saturated heterocycles. The number of hydrogen-bond donors (Lipinski definition) is 1. The Morgan fingerprint density at radius 3 is 1.70 bits per heavy atom. The topological polar surface area (TPSA) is 46.2 Å². The lowest BCUT2D eigenvalue weighted by Crippen LogP contribution is -2.60. The van der Waals surface area contributed by atoms with Crippen LogP contribution >= 0.6 is 0 Å². The molecule has 0 spiro atoms. The molecule has 0 aliphatic heterocycles. The first-order valence-corrected chi connectivity index (χ1v) is 7.15. The molecule has 0 bridgehead atoms. The molecular weight excluding hydrogens is 319 g/mol. The molecule has 0 aromatic carbocycles. The van der Waals surface area contributed by atoms with E-state index in [9.17, 15) is 39.2 Å². The second-order valence-corrected chi connectivity index (χ2v) is 6.30. The zero-order valence-corrected chi connectivity index (χ0v) is 10.8. The van der Waals surface area contributed by atoms with Crippen LogP contribution in [0.3, 0.4) is 0 Å². The maximum atomic E-state index is 13.1. The lowest BCUT2D eigenvalue weighted by Gasteiger charge is -2.30. The van der Waals surface area contributed by atoms with Crippen molar-refractivity contribution in [3.8, 4) is 0 Å². The molecule has 3 nitrogen and oxygen atoms in total. The van der Waals surface area contributed by atoms with Crippen LogP contribution in [0.4, 0.5) is 30.7 Å². The first-order valence-electron chi connectivity index (χ1n) is 5.67. The van der Waals surface area contributed by atoms with Gasteiger partial charge < -0.3 is 0 Å². The SMILES string of the molecule is O=S(=O)(NC1CCCCC1)C(F)(F)C(F)(F)C(F)(F)F. The highest BCUT2D eigenvalue weighted by atomic mass is 32.2. The van der Waals surface area contributed by atoms with Crippen molar-refractivity contribution in [2.45, 2.75) is 55.5 Å². The number of sulfonamides is 1. The van der Waals surface area contributed by atoms with Crippen molar-refractivity contribution in [3.63, 3.8) is 0 Å². The normalized spacial score (nSPS) is 20.1. The van der Waals surface area contributed by atoms with E-state index in [1.165, 1.54) is 4.72 Å². The second kappa shape index (κ2) is 5.32. The van der Waals surface area contributed by atoms with E-state index in [4.69, 9.17) is 0 Å².